The molecule has 19 heavy (non-hydrogen) atoms. The van der Waals surface area contributed by atoms with E-state index in [1.807, 2.05) is 6.07 Å². The lowest BCUT2D eigenvalue weighted by Crippen LogP contribution is -2.31. The van der Waals surface area contributed by atoms with Crippen LogP contribution >= 0.6 is 0 Å². The zero-order valence-corrected chi connectivity index (χ0v) is 11.3. The van der Waals surface area contributed by atoms with Crippen molar-refractivity contribution in [3.8, 4) is 0 Å². The smallest absolute Gasteiger partial charge is 0.303 e. The van der Waals surface area contributed by atoms with Crippen LogP contribution in [0.2, 0.25) is 0 Å². The van der Waals surface area contributed by atoms with Crippen LogP contribution in [-0.4, -0.2) is 24.5 Å². The van der Waals surface area contributed by atoms with Crippen molar-refractivity contribution in [3.63, 3.8) is 0 Å². The third kappa shape index (κ3) is 4.23. The average Bonchev–Trinajstić information content (AvgIpc) is 2.36. The minimum absolute atomic E-state index is 0.527. The van der Waals surface area contributed by atoms with Crippen LogP contribution in [0.3, 0.4) is 0 Å². The zero-order valence-electron chi connectivity index (χ0n) is 11.3. The number of alkyl halides is 3. The molecule has 0 aromatic heterocycles. The number of halogens is 3. The highest BCUT2D eigenvalue weighted by atomic mass is 19.4. The molecule has 1 saturated heterocycles. The van der Waals surface area contributed by atoms with Crippen molar-refractivity contribution in [1.82, 2.24) is 4.90 Å². The molecule has 0 unspecified atom stereocenters. The molecule has 1 nitrogen and oxygen atoms in total. The van der Waals surface area contributed by atoms with Gasteiger partial charge in [0.05, 0.1) is 5.56 Å². The molecule has 2 rings (SSSR count). The van der Waals surface area contributed by atoms with Crippen LogP contribution in [0.25, 0.3) is 0 Å². The second-order valence-electron chi connectivity index (χ2n) is 5.36. The van der Waals surface area contributed by atoms with E-state index in [2.05, 4.69) is 4.90 Å². The lowest BCUT2D eigenvalue weighted by molar-refractivity contribution is -0.137. The van der Waals surface area contributed by atoms with Gasteiger partial charge >= 0.3 is 6.18 Å². The molecule has 0 bridgehead atoms. The molecule has 1 aliphatic heterocycles. The molecule has 0 aliphatic carbocycles. The first-order valence-corrected chi connectivity index (χ1v) is 6.85. The minimum Gasteiger partial charge on any atom is -0.303 e. The van der Waals surface area contributed by atoms with E-state index in [9.17, 15) is 13.2 Å². The Morgan fingerprint density at radius 1 is 1.05 bits per heavy atom. The first kappa shape index (κ1) is 14.4. The highest BCUT2D eigenvalue weighted by molar-refractivity contribution is 5.31. The van der Waals surface area contributed by atoms with Crippen LogP contribution in [0.1, 0.15) is 36.0 Å². The van der Waals surface area contributed by atoms with Crippen molar-refractivity contribution in [2.75, 3.05) is 19.6 Å². The van der Waals surface area contributed by atoms with Gasteiger partial charge in [-0.3, -0.25) is 0 Å². The number of nitrogens with zero attached hydrogens (tertiary/aromatic N) is 1. The van der Waals surface area contributed by atoms with Gasteiger partial charge in [0.15, 0.2) is 0 Å². The van der Waals surface area contributed by atoms with Gasteiger partial charge in [0, 0.05) is 6.54 Å². The molecule has 1 heterocycles. The van der Waals surface area contributed by atoms with Crippen molar-refractivity contribution >= 4 is 0 Å². The third-order valence-electron chi connectivity index (χ3n) is 3.63. The normalized spacial score (nSPS) is 17.7. The van der Waals surface area contributed by atoms with Crippen LogP contribution in [0.5, 0.6) is 0 Å². The van der Waals surface area contributed by atoms with Gasteiger partial charge < -0.3 is 4.90 Å². The van der Waals surface area contributed by atoms with Crippen molar-refractivity contribution in [3.05, 3.63) is 34.9 Å². The van der Waals surface area contributed by atoms with Gasteiger partial charge in [-0.2, -0.15) is 13.2 Å². The lowest BCUT2D eigenvalue weighted by atomic mass is 10.0. The van der Waals surface area contributed by atoms with E-state index in [0.29, 0.717) is 12.0 Å². The van der Waals surface area contributed by atoms with Crippen LogP contribution in [0.4, 0.5) is 13.2 Å². The fourth-order valence-electron chi connectivity index (χ4n) is 2.64. The molecule has 0 spiro atoms. The highest BCUT2D eigenvalue weighted by Gasteiger charge is 2.30. The van der Waals surface area contributed by atoms with Gasteiger partial charge in [-0.25, -0.2) is 0 Å². The Morgan fingerprint density at radius 2 is 1.74 bits per heavy atom. The van der Waals surface area contributed by atoms with E-state index in [4.69, 9.17) is 0 Å². The zero-order chi connectivity index (χ0) is 13.9. The van der Waals surface area contributed by atoms with Gasteiger partial charge in [0.2, 0.25) is 0 Å². The van der Waals surface area contributed by atoms with Crippen molar-refractivity contribution in [2.45, 2.75) is 38.8 Å². The van der Waals surface area contributed by atoms with E-state index in [-0.39, 0.29) is 0 Å². The summed E-state index contributed by atoms with van der Waals surface area (Å²) >= 11 is 0. The molecule has 106 valence electrons. The number of piperidine rings is 1. The summed E-state index contributed by atoms with van der Waals surface area (Å²) in [4.78, 5) is 2.35. The Bertz CT molecular complexity index is 420. The maximum atomic E-state index is 12.7. The number of benzene rings is 1. The second-order valence-corrected chi connectivity index (χ2v) is 5.36. The van der Waals surface area contributed by atoms with E-state index in [1.54, 1.807) is 6.92 Å². The maximum absolute atomic E-state index is 12.7. The van der Waals surface area contributed by atoms with E-state index < -0.39 is 11.7 Å². The summed E-state index contributed by atoms with van der Waals surface area (Å²) in [6.07, 6.45) is 0.152. The van der Waals surface area contributed by atoms with Crippen LogP contribution < -0.4 is 0 Å². The molecular weight excluding hydrogens is 251 g/mol. The van der Waals surface area contributed by atoms with Crippen LogP contribution in [-0.2, 0) is 12.6 Å². The Hall–Kier alpha value is -1.03. The SMILES string of the molecule is Cc1cc(CCN2CCCCC2)cc(C(F)(F)F)c1. The summed E-state index contributed by atoms with van der Waals surface area (Å²) in [5.74, 6) is 0. The number of rotatable bonds is 3. The van der Waals surface area contributed by atoms with E-state index in [0.717, 1.165) is 25.2 Å². The quantitative estimate of drug-likeness (QED) is 0.802. The fourth-order valence-corrected chi connectivity index (χ4v) is 2.64. The first-order chi connectivity index (χ1) is 8.95. The number of aryl methyl sites for hydroxylation is 1. The van der Waals surface area contributed by atoms with Gasteiger partial charge in [-0.15, -0.1) is 0 Å². The fraction of sp³-hybridized carbons (Fsp3) is 0.600. The lowest BCUT2D eigenvalue weighted by Gasteiger charge is -2.26. The maximum Gasteiger partial charge on any atom is 0.416 e. The topological polar surface area (TPSA) is 3.24 Å². The van der Waals surface area contributed by atoms with Gasteiger partial charge in [0.25, 0.3) is 0 Å². The molecule has 1 aromatic carbocycles. The highest BCUT2D eigenvalue weighted by Crippen LogP contribution is 2.30. The monoisotopic (exact) mass is 271 g/mol. The number of hydrogen-bond donors (Lipinski definition) is 0. The van der Waals surface area contributed by atoms with Gasteiger partial charge in [0.1, 0.15) is 0 Å². The molecule has 0 saturated carbocycles. The third-order valence-corrected chi connectivity index (χ3v) is 3.63. The largest absolute Gasteiger partial charge is 0.416 e. The molecular formula is C15H20F3N. The Kier molecular flexibility index (Phi) is 4.50. The molecule has 4 heteroatoms. The summed E-state index contributed by atoms with van der Waals surface area (Å²) in [7, 11) is 0. The molecule has 0 N–H and O–H groups in total. The predicted molar refractivity (Wildman–Crippen MR) is 70.2 cm³/mol. The van der Waals surface area contributed by atoms with Crippen LogP contribution in [0.15, 0.2) is 18.2 Å². The Balaban J connectivity index is 2.01. The molecule has 1 fully saturated rings. The molecule has 1 aliphatic rings. The first-order valence-electron chi connectivity index (χ1n) is 6.85. The van der Waals surface area contributed by atoms with Crippen molar-refractivity contribution < 1.29 is 13.2 Å². The summed E-state index contributed by atoms with van der Waals surface area (Å²) in [5, 5.41) is 0. The molecule has 0 radical (unpaired) electrons. The Morgan fingerprint density at radius 3 is 2.37 bits per heavy atom. The average molecular weight is 271 g/mol. The van der Waals surface area contributed by atoms with E-state index >= 15 is 0 Å². The van der Waals surface area contributed by atoms with Crippen molar-refractivity contribution in [1.29, 1.82) is 0 Å². The second kappa shape index (κ2) is 5.95. The van der Waals surface area contributed by atoms with Gasteiger partial charge in [-0.1, -0.05) is 18.1 Å². The predicted octanol–water partition coefficient (Wildman–Crippen LogP) is 4.04. The minimum atomic E-state index is -4.24. The molecule has 1 aromatic rings. The summed E-state index contributed by atoms with van der Waals surface area (Å²) in [6.45, 7) is 4.75. The standard InChI is InChI=1S/C15H20F3N/c1-12-9-13(11-14(10-12)15(16,17)18)5-8-19-6-3-2-4-7-19/h9-11H,2-8H2,1H3. The summed E-state index contributed by atoms with van der Waals surface area (Å²) in [6, 6.07) is 4.36. The van der Waals surface area contributed by atoms with Crippen molar-refractivity contribution in [2.24, 2.45) is 0 Å². The number of likely N-dealkylation sites (tertiary alicyclic amines) is 1. The summed E-state index contributed by atoms with van der Waals surface area (Å²) in [5.41, 5.74) is 0.947. The molecule has 0 amide bonds. The molecule has 0 atom stereocenters. The van der Waals surface area contributed by atoms with Gasteiger partial charge in [-0.05, 0) is 57.0 Å². The number of hydrogen-bond acceptors (Lipinski definition) is 1. The van der Waals surface area contributed by atoms with E-state index in [1.165, 1.54) is 31.4 Å². The Labute approximate surface area is 112 Å². The summed E-state index contributed by atoms with van der Waals surface area (Å²) < 4.78 is 38.2. The van der Waals surface area contributed by atoms with Crippen LogP contribution in [0, 0.1) is 6.92 Å².